The lowest BCUT2D eigenvalue weighted by molar-refractivity contribution is 0.102. The molecule has 6 heteroatoms. The number of nitrogens with zero attached hydrogens (tertiary/aromatic N) is 3. The van der Waals surface area contributed by atoms with Crippen LogP contribution in [0.15, 0.2) is 29.4 Å². The van der Waals surface area contributed by atoms with Gasteiger partial charge < -0.3 is 4.74 Å². The van der Waals surface area contributed by atoms with E-state index in [0.717, 1.165) is 42.8 Å². The fourth-order valence-corrected chi connectivity index (χ4v) is 3.09. The zero-order chi connectivity index (χ0) is 15.4. The summed E-state index contributed by atoms with van der Waals surface area (Å²) in [6.45, 7) is 0. The number of carbonyl (C=O) groups is 1. The molecule has 0 amide bonds. The molecule has 0 unspecified atom stereocenters. The average molecular weight is 315 g/mol. The van der Waals surface area contributed by atoms with Crippen molar-refractivity contribution in [2.75, 3.05) is 12.9 Å². The summed E-state index contributed by atoms with van der Waals surface area (Å²) in [4.78, 5) is 16.7. The highest BCUT2D eigenvalue weighted by Gasteiger charge is 2.15. The van der Waals surface area contributed by atoms with Crippen LogP contribution in [-0.2, 0) is 12.8 Å². The van der Waals surface area contributed by atoms with Crippen LogP contribution in [0.5, 0.6) is 5.75 Å². The Morgan fingerprint density at radius 1 is 1.14 bits per heavy atom. The summed E-state index contributed by atoms with van der Waals surface area (Å²) in [6.07, 6.45) is 4.24. The van der Waals surface area contributed by atoms with E-state index in [1.807, 2.05) is 0 Å². The predicted octanol–water partition coefficient (Wildman–Crippen LogP) is 2.73. The minimum Gasteiger partial charge on any atom is -0.497 e. The fraction of sp³-hybridized carbons (Fsp3) is 0.375. The molecule has 114 valence electrons. The molecule has 5 nitrogen and oxygen atoms in total. The van der Waals surface area contributed by atoms with E-state index in [1.165, 1.54) is 11.8 Å². The van der Waals surface area contributed by atoms with Crippen LogP contribution >= 0.6 is 11.8 Å². The van der Waals surface area contributed by atoms with Crippen LogP contribution in [0.3, 0.4) is 0 Å². The molecule has 3 rings (SSSR count). The highest BCUT2D eigenvalue weighted by Crippen LogP contribution is 2.21. The molecule has 0 saturated heterocycles. The standard InChI is InChI=1S/C16H17N3O2S/c1-21-12-8-6-11(7-9-12)15(20)10-22-16-17-13-4-2-3-5-14(13)18-19-16/h6-9H,2-5,10H2,1H3. The van der Waals surface area contributed by atoms with Crippen LogP contribution in [0.4, 0.5) is 0 Å². The fourth-order valence-electron chi connectivity index (χ4n) is 2.39. The Morgan fingerprint density at radius 2 is 1.86 bits per heavy atom. The van der Waals surface area contributed by atoms with Gasteiger partial charge in [-0.05, 0) is 49.9 Å². The normalized spacial score (nSPS) is 13.5. The third kappa shape index (κ3) is 3.44. The molecule has 22 heavy (non-hydrogen) atoms. The van der Waals surface area contributed by atoms with Gasteiger partial charge in [0.25, 0.3) is 0 Å². The van der Waals surface area contributed by atoms with Gasteiger partial charge in [0.05, 0.1) is 24.3 Å². The second-order valence-electron chi connectivity index (χ2n) is 5.14. The molecule has 0 fully saturated rings. The van der Waals surface area contributed by atoms with Crippen molar-refractivity contribution in [3.8, 4) is 5.75 Å². The lowest BCUT2D eigenvalue weighted by Crippen LogP contribution is -2.11. The van der Waals surface area contributed by atoms with Crippen LogP contribution in [0.2, 0.25) is 0 Å². The Hall–Kier alpha value is -1.95. The number of ketones is 1. The number of thioether (sulfide) groups is 1. The summed E-state index contributed by atoms with van der Waals surface area (Å²) in [5.41, 5.74) is 2.72. The van der Waals surface area contributed by atoms with Crippen LogP contribution in [-0.4, -0.2) is 33.8 Å². The number of ether oxygens (including phenoxy) is 1. The van der Waals surface area contributed by atoms with Crippen molar-refractivity contribution >= 4 is 17.5 Å². The second kappa shape index (κ2) is 6.87. The van der Waals surface area contributed by atoms with E-state index in [4.69, 9.17) is 4.74 Å². The summed E-state index contributed by atoms with van der Waals surface area (Å²) in [7, 11) is 1.60. The van der Waals surface area contributed by atoms with Gasteiger partial charge in [-0.1, -0.05) is 11.8 Å². The Labute approximate surface area is 133 Å². The molecule has 0 bridgehead atoms. The van der Waals surface area contributed by atoms with Gasteiger partial charge in [-0.25, -0.2) is 4.98 Å². The van der Waals surface area contributed by atoms with E-state index < -0.39 is 0 Å². The number of hydrogen-bond donors (Lipinski definition) is 0. The highest BCUT2D eigenvalue weighted by molar-refractivity contribution is 7.99. The summed E-state index contributed by atoms with van der Waals surface area (Å²) in [5, 5.41) is 8.93. The van der Waals surface area contributed by atoms with Crippen LogP contribution in [0.1, 0.15) is 34.6 Å². The predicted molar refractivity (Wildman–Crippen MR) is 84.5 cm³/mol. The molecule has 0 radical (unpaired) electrons. The van der Waals surface area contributed by atoms with E-state index in [1.54, 1.807) is 31.4 Å². The highest BCUT2D eigenvalue weighted by atomic mass is 32.2. The SMILES string of the molecule is COc1ccc(C(=O)CSc2nnc3c(n2)CCCC3)cc1. The number of rotatable bonds is 5. The maximum absolute atomic E-state index is 12.2. The first-order valence-electron chi connectivity index (χ1n) is 7.29. The van der Waals surface area contributed by atoms with Crippen LogP contribution < -0.4 is 4.74 Å². The Kier molecular flexibility index (Phi) is 4.68. The number of methoxy groups -OCH3 is 1. The molecule has 0 saturated carbocycles. The van der Waals surface area contributed by atoms with E-state index in [9.17, 15) is 4.79 Å². The van der Waals surface area contributed by atoms with Crippen molar-refractivity contribution in [2.24, 2.45) is 0 Å². The quantitative estimate of drug-likeness (QED) is 0.624. The maximum Gasteiger partial charge on any atom is 0.209 e. The molecule has 2 aromatic rings. The minimum absolute atomic E-state index is 0.0500. The van der Waals surface area contributed by atoms with Crippen molar-refractivity contribution in [3.05, 3.63) is 41.2 Å². The van der Waals surface area contributed by atoms with E-state index in [0.29, 0.717) is 16.5 Å². The average Bonchev–Trinajstić information content (AvgIpc) is 2.59. The molecule has 1 aromatic heterocycles. The topological polar surface area (TPSA) is 65.0 Å². The van der Waals surface area contributed by atoms with Gasteiger partial charge in [-0.2, -0.15) is 5.10 Å². The van der Waals surface area contributed by atoms with Crippen molar-refractivity contribution in [1.29, 1.82) is 0 Å². The van der Waals surface area contributed by atoms with Gasteiger partial charge in [-0.3, -0.25) is 4.79 Å². The maximum atomic E-state index is 12.2. The van der Waals surface area contributed by atoms with Gasteiger partial charge in [0.2, 0.25) is 5.16 Å². The molecule has 0 spiro atoms. The summed E-state index contributed by atoms with van der Waals surface area (Å²) >= 11 is 1.34. The van der Waals surface area contributed by atoms with Gasteiger partial charge >= 0.3 is 0 Å². The molecule has 1 aliphatic carbocycles. The lowest BCUT2D eigenvalue weighted by atomic mass is 10.0. The molecule has 0 N–H and O–H groups in total. The van der Waals surface area contributed by atoms with Crippen molar-refractivity contribution in [1.82, 2.24) is 15.2 Å². The number of fused-ring (bicyclic) bond motifs is 1. The number of carbonyl (C=O) groups excluding carboxylic acids is 1. The molecule has 1 heterocycles. The van der Waals surface area contributed by atoms with Gasteiger partial charge in [0, 0.05) is 5.56 Å². The summed E-state index contributed by atoms with van der Waals surface area (Å²) < 4.78 is 5.09. The number of hydrogen-bond acceptors (Lipinski definition) is 6. The third-order valence-electron chi connectivity index (χ3n) is 3.64. The van der Waals surface area contributed by atoms with Gasteiger partial charge in [-0.15, -0.1) is 5.10 Å². The first kappa shape index (κ1) is 15.0. The third-order valence-corrected chi connectivity index (χ3v) is 4.48. The largest absolute Gasteiger partial charge is 0.497 e. The van der Waals surface area contributed by atoms with Gasteiger partial charge in [0.15, 0.2) is 5.78 Å². The van der Waals surface area contributed by atoms with E-state index in [-0.39, 0.29) is 5.78 Å². The summed E-state index contributed by atoms with van der Waals surface area (Å²) in [5.74, 6) is 1.10. The number of benzene rings is 1. The minimum atomic E-state index is 0.0500. The zero-order valence-corrected chi connectivity index (χ0v) is 13.2. The first-order chi connectivity index (χ1) is 10.8. The second-order valence-corrected chi connectivity index (χ2v) is 6.08. The molecule has 0 aliphatic heterocycles. The molecule has 1 aliphatic rings. The summed E-state index contributed by atoms with van der Waals surface area (Å²) in [6, 6.07) is 7.12. The van der Waals surface area contributed by atoms with Crippen molar-refractivity contribution in [2.45, 2.75) is 30.8 Å². The van der Waals surface area contributed by atoms with Crippen molar-refractivity contribution in [3.63, 3.8) is 0 Å². The number of aromatic nitrogens is 3. The number of Topliss-reactive ketones (excluding diaryl/α,β-unsaturated/α-hetero) is 1. The van der Waals surface area contributed by atoms with E-state index in [2.05, 4.69) is 15.2 Å². The monoisotopic (exact) mass is 315 g/mol. The van der Waals surface area contributed by atoms with Crippen LogP contribution in [0.25, 0.3) is 0 Å². The van der Waals surface area contributed by atoms with Crippen LogP contribution in [0, 0.1) is 0 Å². The van der Waals surface area contributed by atoms with E-state index >= 15 is 0 Å². The Bertz CT molecular complexity index is 674. The zero-order valence-electron chi connectivity index (χ0n) is 12.4. The lowest BCUT2D eigenvalue weighted by Gasteiger charge is -2.12. The first-order valence-corrected chi connectivity index (χ1v) is 8.27. The van der Waals surface area contributed by atoms with Gasteiger partial charge in [0.1, 0.15) is 5.75 Å². The molecular weight excluding hydrogens is 298 g/mol. The molecule has 1 aromatic carbocycles. The Balaban J connectivity index is 1.62. The molecule has 0 atom stereocenters. The number of aryl methyl sites for hydroxylation is 2. The molecular formula is C16H17N3O2S. The smallest absolute Gasteiger partial charge is 0.209 e. The van der Waals surface area contributed by atoms with Crippen molar-refractivity contribution < 1.29 is 9.53 Å². The Morgan fingerprint density at radius 3 is 2.59 bits per heavy atom.